The number of carbonyl (C=O) groups excluding carboxylic acids is 2. The van der Waals surface area contributed by atoms with Crippen LogP contribution in [0.4, 0.5) is 0 Å². The van der Waals surface area contributed by atoms with E-state index < -0.39 is 33.5 Å². The summed E-state index contributed by atoms with van der Waals surface area (Å²) in [5, 5.41) is 0.480. The van der Waals surface area contributed by atoms with E-state index >= 15 is 0 Å². The molecule has 0 aliphatic carbocycles. The number of benzene rings is 2. The van der Waals surface area contributed by atoms with Gasteiger partial charge in [0.15, 0.2) is 9.84 Å². The normalized spacial score (nSPS) is 16.4. The molecule has 1 atom stereocenters. The van der Waals surface area contributed by atoms with Gasteiger partial charge in [-0.15, -0.1) is 0 Å². The summed E-state index contributed by atoms with van der Waals surface area (Å²) in [5.41, 5.74) is 5.05. The van der Waals surface area contributed by atoms with Crippen LogP contribution in [0.15, 0.2) is 59.5 Å². The second-order valence-corrected chi connectivity index (χ2v) is 8.18. The number of rotatable bonds is 5. The number of amides is 2. The number of hydrazine groups is 1. The Kier molecular flexibility index (Phi) is 4.78. The molecule has 3 rings (SSSR count). The molecule has 1 unspecified atom stereocenters. The van der Waals surface area contributed by atoms with Crippen molar-refractivity contribution in [3.8, 4) is 0 Å². The third-order valence-corrected chi connectivity index (χ3v) is 6.12. The minimum absolute atomic E-state index is 0.146. The summed E-state index contributed by atoms with van der Waals surface area (Å²) in [7, 11) is -3.70. The smallest absolute Gasteiger partial charge is 0.251 e. The van der Waals surface area contributed by atoms with Gasteiger partial charge in [0, 0.05) is 10.9 Å². The van der Waals surface area contributed by atoms with Crippen molar-refractivity contribution in [3.05, 3.63) is 65.2 Å². The Morgan fingerprint density at radius 3 is 2.04 bits per heavy atom. The first-order valence-electron chi connectivity index (χ1n) is 7.51. The van der Waals surface area contributed by atoms with Crippen molar-refractivity contribution in [3.63, 3.8) is 0 Å². The van der Waals surface area contributed by atoms with Gasteiger partial charge in [-0.1, -0.05) is 41.9 Å². The lowest BCUT2D eigenvalue weighted by atomic mass is 9.87. The molecule has 0 aromatic heterocycles. The van der Waals surface area contributed by atoms with Crippen LogP contribution in [0.3, 0.4) is 0 Å². The Morgan fingerprint density at radius 2 is 1.48 bits per heavy atom. The fraction of sp³-hybridized carbons (Fsp3) is 0.176. The highest BCUT2D eigenvalue weighted by molar-refractivity contribution is 7.91. The molecule has 130 valence electrons. The standard InChI is InChI=1S/C17H15ClN2O4S/c18-12-8-6-11(7-9-12)14(15-16(21)19-20-17(15)22)10-25(23,24)13-4-2-1-3-5-13/h1-9,14-15H,10H2,(H,19,21)(H,20,22). The number of hydrogen-bond donors (Lipinski definition) is 2. The molecule has 2 aromatic rings. The molecule has 2 N–H and O–H groups in total. The number of carbonyl (C=O) groups is 2. The Labute approximate surface area is 150 Å². The van der Waals surface area contributed by atoms with Crippen LogP contribution in [0.5, 0.6) is 0 Å². The molecule has 1 saturated heterocycles. The SMILES string of the molecule is O=C1NNC(=O)C1C(CS(=O)(=O)c1ccccc1)c1ccc(Cl)cc1. The van der Waals surface area contributed by atoms with E-state index in [1.54, 1.807) is 42.5 Å². The van der Waals surface area contributed by atoms with E-state index in [0.29, 0.717) is 10.6 Å². The lowest BCUT2D eigenvalue weighted by Gasteiger charge is -2.20. The van der Waals surface area contributed by atoms with E-state index in [4.69, 9.17) is 11.6 Å². The minimum Gasteiger partial charge on any atom is -0.272 e. The van der Waals surface area contributed by atoms with E-state index in [9.17, 15) is 18.0 Å². The third kappa shape index (κ3) is 3.67. The van der Waals surface area contributed by atoms with Crippen molar-refractivity contribution in [1.82, 2.24) is 10.9 Å². The number of sulfone groups is 1. The molecule has 0 radical (unpaired) electrons. The maximum Gasteiger partial charge on any atom is 0.251 e. The number of hydrogen-bond acceptors (Lipinski definition) is 4. The highest BCUT2D eigenvalue weighted by Gasteiger charge is 2.42. The molecule has 1 aliphatic rings. The molecular weight excluding hydrogens is 364 g/mol. The summed E-state index contributed by atoms with van der Waals surface area (Å²) < 4.78 is 25.5. The van der Waals surface area contributed by atoms with Crippen molar-refractivity contribution in [2.75, 3.05) is 5.75 Å². The molecule has 0 saturated carbocycles. The average Bonchev–Trinajstić information content (AvgIpc) is 2.93. The van der Waals surface area contributed by atoms with Gasteiger partial charge in [0.1, 0.15) is 5.92 Å². The summed E-state index contributed by atoms with van der Waals surface area (Å²) in [6.07, 6.45) is 0. The number of nitrogens with one attached hydrogen (secondary N) is 2. The summed E-state index contributed by atoms with van der Waals surface area (Å²) in [5.74, 6) is -3.42. The van der Waals surface area contributed by atoms with Crippen molar-refractivity contribution >= 4 is 33.3 Å². The molecule has 6 nitrogen and oxygen atoms in total. The Hall–Kier alpha value is -2.38. The molecule has 2 aromatic carbocycles. The van der Waals surface area contributed by atoms with Crippen LogP contribution in [0, 0.1) is 5.92 Å². The monoisotopic (exact) mass is 378 g/mol. The first kappa shape index (κ1) is 17.4. The Bertz CT molecular complexity index is 882. The molecular formula is C17H15ClN2O4S. The average molecular weight is 379 g/mol. The van der Waals surface area contributed by atoms with E-state index in [1.165, 1.54) is 12.1 Å². The fourth-order valence-corrected chi connectivity index (χ4v) is 4.57. The van der Waals surface area contributed by atoms with Crippen LogP contribution < -0.4 is 10.9 Å². The minimum atomic E-state index is -3.70. The molecule has 1 fully saturated rings. The predicted molar refractivity (Wildman–Crippen MR) is 92.5 cm³/mol. The van der Waals surface area contributed by atoms with Crippen LogP contribution in [0.2, 0.25) is 5.02 Å². The first-order valence-corrected chi connectivity index (χ1v) is 9.54. The second kappa shape index (κ2) is 6.85. The van der Waals surface area contributed by atoms with Gasteiger partial charge >= 0.3 is 0 Å². The largest absolute Gasteiger partial charge is 0.272 e. The molecule has 0 spiro atoms. The van der Waals surface area contributed by atoms with Crippen molar-refractivity contribution < 1.29 is 18.0 Å². The summed E-state index contributed by atoms with van der Waals surface area (Å²) >= 11 is 5.89. The Balaban J connectivity index is 2.01. The molecule has 0 bridgehead atoms. The Morgan fingerprint density at radius 1 is 0.920 bits per heavy atom. The molecule has 1 heterocycles. The van der Waals surface area contributed by atoms with Gasteiger partial charge in [0.25, 0.3) is 11.8 Å². The second-order valence-electron chi connectivity index (χ2n) is 5.71. The van der Waals surface area contributed by atoms with Crippen LogP contribution in [0.1, 0.15) is 11.5 Å². The van der Waals surface area contributed by atoms with Crippen LogP contribution in [-0.4, -0.2) is 26.0 Å². The van der Waals surface area contributed by atoms with Gasteiger partial charge in [-0.2, -0.15) is 0 Å². The lowest BCUT2D eigenvalue weighted by molar-refractivity contribution is -0.128. The van der Waals surface area contributed by atoms with Gasteiger partial charge in [-0.05, 0) is 29.8 Å². The van der Waals surface area contributed by atoms with Crippen molar-refractivity contribution in [2.24, 2.45) is 5.92 Å². The van der Waals surface area contributed by atoms with Gasteiger partial charge in [-0.25, -0.2) is 8.42 Å². The third-order valence-electron chi connectivity index (χ3n) is 4.08. The maximum absolute atomic E-state index is 12.8. The van der Waals surface area contributed by atoms with E-state index in [-0.39, 0.29) is 10.6 Å². The molecule has 8 heteroatoms. The van der Waals surface area contributed by atoms with Crippen molar-refractivity contribution in [1.29, 1.82) is 0 Å². The predicted octanol–water partition coefficient (Wildman–Crippen LogP) is 1.67. The van der Waals surface area contributed by atoms with Crippen LogP contribution >= 0.6 is 11.6 Å². The highest BCUT2D eigenvalue weighted by Crippen LogP contribution is 2.31. The number of halogens is 1. The van der Waals surface area contributed by atoms with E-state index in [2.05, 4.69) is 10.9 Å². The molecule has 1 aliphatic heterocycles. The summed E-state index contributed by atoms with van der Waals surface area (Å²) in [4.78, 5) is 24.3. The summed E-state index contributed by atoms with van der Waals surface area (Å²) in [6.45, 7) is 0. The summed E-state index contributed by atoms with van der Waals surface area (Å²) in [6, 6.07) is 14.4. The van der Waals surface area contributed by atoms with Gasteiger partial charge in [0.05, 0.1) is 10.6 Å². The quantitative estimate of drug-likeness (QED) is 0.774. The van der Waals surface area contributed by atoms with Crippen molar-refractivity contribution in [2.45, 2.75) is 10.8 Å². The topological polar surface area (TPSA) is 92.3 Å². The molecule has 25 heavy (non-hydrogen) atoms. The zero-order chi connectivity index (χ0) is 18.0. The highest BCUT2D eigenvalue weighted by atomic mass is 35.5. The van der Waals surface area contributed by atoms with Gasteiger partial charge in [0.2, 0.25) is 0 Å². The first-order chi connectivity index (χ1) is 11.9. The van der Waals surface area contributed by atoms with E-state index in [0.717, 1.165) is 0 Å². The fourth-order valence-electron chi connectivity index (χ4n) is 2.82. The van der Waals surface area contributed by atoms with Gasteiger partial charge < -0.3 is 0 Å². The van der Waals surface area contributed by atoms with Crippen LogP contribution in [0.25, 0.3) is 0 Å². The zero-order valence-corrected chi connectivity index (χ0v) is 14.5. The maximum atomic E-state index is 12.8. The van der Waals surface area contributed by atoms with Gasteiger partial charge in [-0.3, -0.25) is 20.4 Å². The zero-order valence-electron chi connectivity index (χ0n) is 13.0. The lowest BCUT2D eigenvalue weighted by Crippen LogP contribution is -2.31. The van der Waals surface area contributed by atoms with Crippen LogP contribution in [-0.2, 0) is 19.4 Å². The molecule has 2 amide bonds. The van der Waals surface area contributed by atoms with E-state index in [1.807, 2.05) is 0 Å².